The first kappa shape index (κ1) is 16.6. The Labute approximate surface area is 132 Å². The maximum Gasteiger partial charge on any atom is 0.275 e. The minimum atomic E-state index is -3.70. The summed E-state index contributed by atoms with van der Waals surface area (Å²) in [5.74, 6) is -0.339. The number of thiazole rings is 1. The van der Waals surface area contributed by atoms with E-state index in [1.807, 2.05) is 6.92 Å². The van der Waals surface area contributed by atoms with E-state index < -0.39 is 10.0 Å². The van der Waals surface area contributed by atoms with E-state index in [0.29, 0.717) is 11.4 Å². The van der Waals surface area contributed by atoms with E-state index in [9.17, 15) is 13.2 Å². The monoisotopic (exact) mass is 341 g/mol. The van der Waals surface area contributed by atoms with Crippen LogP contribution >= 0.6 is 11.3 Å². The molecule has 0 aliphatic heterocycles. The Kier molecular flexibility index (Phi) is 4.91. The summed E-state index contributed by atoms with van der Waals surface area (Å²) < 4.78 is 24.8. The number of aryl methyl sites for hydroxylation is 1. The van der Waals surface area contributed by atoms with Gasteiger partial charge in [0.05, 0.1) is 17.0 Å². The van der Waals surface area contributed by atoms with Crippen LogP contribution in [0.1, 0.15) is 15.5 Å². The zero-order valence-corrected chi connectivity index (χ0v) is 13.9. The second-order valence-corrected chi connectivity index (χ2v) is 7.33. The Morgan fingerprint density at radius 2 is 1.95 bits per heavy atom. The predicted octanol–water partition coefficient (Wildman–Crippen LogP) is 1.89. The lowest BCUT2D eigenvalue weighted by atomic mass is 10.3. The third kappa shape index (κ3) is 3.50. The predicted molar refractivity (Wildman–Crippen MR) is 83.2 cm³/mol. The van der Waals surface area contributed by atoms with Gasteiger partial charge in [-0.1, -0.05) is 4.47 Å². The number of amides is 1. The number of nitrogens with one attached hydrogen (secondary N) is 1. The molecule has 0 bridgehead atoms. The molecule has 0 fully saturated rings. The van der Waals surface area contributed by atoms with Gasteiger partial charge >= 0.3 is 0 Å². The Bertz CT molecular complexity index is 769. The van der Waals surface area contributed by atoms with Crippen molar-refractivity contribution in [3.63, 3.8) is 0 Å². The van der Waals surface area contributed by atoms with Crippen LogP contribution in [0.15, 0.2) is 34.5 Å². The van der Waals surface area contributed by atoms with Crippen LogP contribution in [0, 0.1) is 6.92 Å². The topological polar surface area (TPSA) is 88.6 Å². The number of hydrogen-bond donors (Lipinski definition) is 1. The molecule has 22 heavy (non-hydrogen) atoms. The number of hydrogen-bond acceptors (Lipinski definition) is 6. The third-order valence-electron chi connectivity index (χ3n) is 2.86. The van der Waals surface area contributed by atoms with Crippen LogP contribution in [0.4, 0.5) is 5.69 Å². The average molecular weight is 341 g/mol. The van der Waals surface area contributed by atoms with E-state index in [0.717, 1.165) is 9.48 Å². The first-order valence-corrected chi connectivity index (χ1v) is 8.53. The van der Waals surface area contributed by atoms with Gasteiger partial charge in [0.1, 0.15) is 5.69 Å². The van der Waals surface area contributed by atoms with Gasteiger partial charge in [0.25, 0.3) is 15.9 Å². The molecule has 1 N–H and O–H groups in total. The number of sulfonamides is 1. The van der Waals surface area contributed by atoms with Gasteiger partial charge in [0.15, 0.2) is 0 Å². The number of aromatic nitrogens is 1. The second kappa shape index (κ2) is 6.53. The Hall–Kier alpha value is -1.81. The van der Waals surface area contributed by atoms with Crippen molar-refractivity contribution in [1.82, 2.24) is 9.45 Å². The molecule has 1 amide bonds. The Morgan fingerprint density at radius 3 is 2.45 bits per heavy atom. The zero-order chi connectivity index (χ0) is 16.3. The van der Waals surface area contributed by atoms with E-state index in [2.05, 4.69) is 10.3 Å². The van der Waals surface area contributed by atoms with Crippen molar-refractivity contribution in [2.24, 2.45) is 0 Å². The molecule has 7 nitrogen and oxygen atoms in total. The Balaban J connectivity index is 2.14. The molecule has 1 heterocycles. The largest absolute Gasteiger partial charge is 0.321 e. The summed E-state index contributed by atoms with van der Waals surface area (Å²) in [6, 6.07) is 5.81. The summed E-state index contributed by atoms with van der Waals surface area (Å²) in [6.07, 6.45) is 0. The van der Waals surface area contributed by atoms with Gasteiger partial charge in [-0.05, 0) is 31.2 Å². The maximum atomic E-state index is 12.0. The van der Waals surface area contributed by atoms with Gasteiger partial charge in [-0.3, -0.25) is 9.63 Å². The number of hydroxylamine groups is 1. The summed E-state index contributed by atoms with van der Waals surface area (Å²) in [7, 11) is -1.13. The highest BCUT2D eigenvalue weighted by atomic mass is 32.2. The van der Waals surface area contributed by atoms with Gasteiger partial charge in [0, 0.05) is 18.1 Å². The van der Waals surface area contributed by atoms with Crippen LogP contribution in [-0.2, 0) is 14.9 Å². The summed E-state index contributed by atoms with van der Waals surface area (Å²) >= 11 is 1.38. The van der Waals surface area contributed by atoms with Crippen molar-refractivity contribution in [1.29, 1.82) is 0 Å². The van der Waals surface area contributed by atoms with Crippen LogP contribution in [0.2, 0.25) is 0 Å². The van der Waals surface area contributed by atoms with Crippen molar-refractivity contribution in [3.05, 3.63) is 40.3 Å². The number of carbonyl (C=O) groups excluding carboxylic acids is 1. The maximum absolute atomic E-state index is 12.0. The van der Waals surface area contributed by atoms with Crippen LogP contribution < -0.4 is 5.32 Å². The molecule has 1 aromatic heterocycles. The minimum Gasteiger partial charge on any atom is -0.321 e. The van der Waals surface area contributed by atoms with E-state index in [1.165, 1.54) is 49.8 Å². The Morgan fingerprint density at radius 1 is 1.32 bits per heavy atom. The normalized spacial score (nSPS) is 11.6. The van der Waals surface area contributed by atoms with Crippen LogP contribution in [-0.4, -0.2) is 37.9 Å². The number of carbonyl (C=O) groups is 1. The highest BCUT2D eigenvalue weighted by Crippen LogP contribution is 2.18. The molecular weight excluding hydrogens is 326 g/mol. The molecule has 0 spiro atoms. The van der Waals surface area contributed by atoms with Crippen molar-refractivity contribution in [3.8, 4) is 0 Å². The third-order valence-corrected chi connectivity index (χ3v) is 5.32. The highest BCUT2D eigenvalue weighted by molar-refractivity contribution is 7.89. The summed E-state index contributed by atoms with van der Waals surface area (Å²) in [4.78, 5) is 20.8. The van der Waals surface area contributed by atoms with Crippen molar-refractivity contribution in [2.75, 3.05) is 19.5 Å². The van der Waals surface area contributed by atoms with Crippen molar-refractivity contribution < 1.29 is 18.0 Å². The van der Waals surface area contributed by atoms with Gasteiger partial charge in [-0.15, -0.1) is 11.3 Å². The van der Waals surface area contributed by atoms with E-state index in [1.54, 1.807) is 5.38 Å². The fourth-order valence-electron chi connectivity index (χ4n) is 1.62. The zero-order valence-electron chi connectivity index (χ0n) is 12.2. The van der Waals surface area contributed by atoms with Crippen LogP contribution in [0.25, 0.3) is 0 Å². The van der Waals surface area contributed by atoms with E-state index >= 15 is 0 Å². The first-order chi connectivity index (χ1) is 10.3. The molecule has 118 valence electrons. The molecule has 0 aliphatic rings. The molecule has 9 heteroatoms. The lowest BCUT2D eigenvalue weighted by Gasteiger charge is -2.14. The van der Waals surface area contributed by atoms with Gasteiger partial charge in [-0.2, -0.15) is 0 Å². The number of benzene rings is 1. The molecule has 0 unspecified atom stereocenters. The summed E-state index contributed by atoms with van der Waals surface area (Å²) in [5.41, 5.74) is 0.813. The molecule has 0 aliphatic carbocycles. The van der Waals surface area contributed by atoms with Gasteiger partial charge < -0.3 is 5.32 Å². The summed E-state index contributed by atoms with van der Waals surface area (Å²) in [6.45, 7) is 1.81. The molecule has 2 aromatic rings. The number of nitrogens with zero attached hydrogens (tertiary/aromatic N) is 2. The van der Waals surface area contributed by atoms with Crippen molar-refractivity contribution >= 4 is 33.0 Å². The molecule has 0 atom stereocenters. The minimum absolute atomic E-state index is 0.0688. The molecule has 0 radical (unpaired) electrons. The van der Waals surface area contributed by atoms with E-state index in [4.69, 9.17) is 4.84 Å². The van der Waals surface area contributed by atoms with E-state index in [-0.39, 0.29) is 10.8 Å². The smallest absolute Gasteiger partial charge is 0.275 e. The molecule has 0 saturated carbocycles. The molecular formula is C13H15N3O4S2. The fourth-order valence-corrected chi connectivity index (χ4v) is 3.19. The SMILES string of the molecule is CON(C)S(=O)(=O)c1ccc(NC(=O)c2csc(C)n2)cc1. The average Bonchev–Trinajstić information content (AvgIpc) is 2.93. The van der Waals surface area contributed by atoms with Crippen LogP contribution in [0.5, 0.6) is 0 Å². The molecule has 0 saturated heterocycles. The lowest BCUT2D eigenvalue weighted by molar-refractivity contribution is -0.0258. The van der Waals surface area contributed by atoms with Crippen LogP contribution in [0.3, 0.4) is 0 Å². The molecule has 1 aromatic carbocycles. The fraction of sp³-hybridized carbons (Fsp3) is 0.231. The van der Waals surface area contributed by atoms with Gasteiger partial charge in [-0.25, -0.2) is 13.4 Å². The quantitative estimate of drug-likeness (QED) is 0.839. The van der Waals surface area contributed by atoms with Gasteiger partial charge in [0.2, 0.25) is 0 Å². The number of anilines is 1. The standard InChI is InChI=1S/C13H15N3O4S2/c1-9-14-12(8-21-9)13(17)15-10-4-6-11(7-5-10)22(18,19)16(2)20-3/h4-8H,1-3H3,(H,15,17). The van der Waals surface area contributed by atoms with Crippen molar-refractivity contribution in [2.45, 2.75) is 11.8 Å². The molecule has 2 rings (SSSR count). The second-order valence-electron chi connectivity index (χ2n) is 4.33. The summed E-state index contributed by atoms with van der Waals surface area (Å²) in [5, 5.41) is 5.12. The highest BCUT2D eigenvalue weighted by Gasteiger charge is 2.20. The lowest BCUT2D eigenvalue weighted by Crippen LogP contribution is -2.25. The number of rotatable bonds is 5. The first-order valence-electron chi connectivity index (χ1n) is 6.21.